The minimum atomic E-state index is -1.40. The van der Waals surface area contributed by atoms with Gasteiger partial charge in [-0.05, 0) is 46.5 Å². The minimum Gasteiger partial charge on any atom is -0.463 e. The predicted molar refractivity (Wildman–Crippen MR) is 95.4 cm³/mol. The lowest BCUT2D eigenvalue weighted by atomic mass is 9.98. The van der Waals surface area contributed by atoms with E-state index < -0.39 is 23.8 Å². The van der Waals surface area contributed by atoms with E-state index in [0.717, 1.165) is 0 Å². The van der Waals surface area contributed by atoms with Gasteiger partial charge in [0.1, 0.15) is 5.60 Å². The highest BCUT2D eigenvalue weighted by molar-refractivity contribution is 5.82. The summed E-state index contributed by atoms with van der Waals surface area (Å²) in [6.07, 6.45) is 0.427. The molecule has 2 aliphatic rings. The van der Waals surface area contributed by atoms with Crippen molar-refractivity contribution in [1.29, 1.82) is 0 Å². The summed E-state index contributed by atoms with van der Waals surface area (Å²) in [6.45, 7) is 6.75. The molecule has 0 aromatic rings. The third-order valence-corrected chi connectivity index (χ3v) is 4.74. The SMILES string of the molecule is CC(C)(C)OC(=O)N1CCC(NC(=O)[C@@H]2CC[C@@H](N(O)C(=O)O)CN2)CC1. The topological polar surface area (TPSA) is 131 Å². The van der Waals surface area contributed by atoms with Gasteiger partial charge < -0.3 is 25.4 Å². The van der Waals surface area contributed by atoms with Crippen molar-refractivity contribution in [3.63, 3.8) is 0 Å². The summed E-state index contributed by atoms with van der Waals surface area (Å²) in [7, 11) is 0. The van der Waals surface area contributed by atoms with Gasteiger partial charge in [0.25, 0.3) is 0 Å². The molecule has 27 heavy (non-hydrogen) atoms. The second kappa shape index (κ2) is 8.75. The Balaban J connectivity index is 1.72. The number of hydroxylamine groups is 2. The molecule has 10 heteroatoms. The van der Waals surface area contributed by atoms with Crippen LogP contribution in [0.3, 0.4) is 0 Å². The molecule has 2 atom stereocenters. The van der Waals surface area contributed by atoms with E-state index in [4.69, 9.17) is 9.84 Å². The molecule has 2 saturated heterocycles. The van der Waals surface area contributed by atoms with Crippen LogP contribution in [0.2, 0.25) is 0 Å². The number of carbonyl (C=O) groups is 3. The van der Waals surface area contributed by atoms with Crippen LogP contribution >= 0.6 is 0 Å². The summed E-state index contributed by atoms with van der Waals surface area (Å²) < 4.78 is 5.36. The molecule has 2 heterocycles. The Bertz CT molecular complexity index is 548. The first-order chi connectivity index (χ1) is 12.6. The van der Waals surface area contributed by atoms with Crippen molar-refractivity contribution in [1.82, 2.24) is 20.6 Å². The zero-order chi connectivity index (χ0) is 20.2. The second-order valence-electron chi connectivity index (χ2n) is 8.07. The Hall–Kier alpha value is -2.07. The van der Waals surface area contributed by atoms with Crippen molar-refractivity contribution in [3.8, 4) is 0 Å². The molecule has 2 aliphatic heterocycles. The van der Waals surface area contributed by atoms with Gasteiger partial charge in [0.05, 0.1) is 12.1 Å². The van der Waals surface area contributed by atoms with E-state index in [0.29, 0.717) is 38.8 Å². The van der Waals surface area contributed by atoms with E-state index in [1.807, 2.05) is 20.8 Å². The number of carboxylic acid groups (broad SMARTS) is 1. The van der Waals surface area contributed by atoms with Crippen molar-refractivity contribution in [2.45, 2.75) is 70.2 Å². The Labute approximate surface area is 158 Å². The number of piperidine rings is 2. The third kappa shape index (κ3) is 6.24. The largest absolute Gasteiger partial charge is 0.463 e. The van der Waals surface area contributed by atoms with Crippen LogP contribution in [0.5, 0.6) is 0 Å². The van der Waals surface area contributed by atoms with Crippen molar-refractivity contribution in [3.05, 3.63) is 0 Å². The fraction of sp³-hybridized carbons (Fsp3) is 0.824. The monoisotopic (exact) mass is 386 g/mol. The summed E-state index contributed by atoms with van der Waals surface area (Å²) >= 11 is 0. The van der Waals surface area contributed by atoms with Crippen LogP contribution in [0.4, 0.5) is 9.59 Å². The van der Waals surface area contributed by atoms with Gasteiger partial charge in [-0.15, -0.1) is 0 Å². The quantitative estimate of drug-likeness (QED) is 0.420. The molecule has 0 spiro atoms. The fourth-order valence-electron chi connectivity index (χ4n) is 3.26. The van der Waals surface area contributed by atoms with E-state index in [1.54, 1.807) is 4.90 Å². The first-order valence-corrected chi connectivity index (χ1v) is 9.29. The van der Waals surface area contributed by atoms with Crippen LogP contribution in [-0.2, 0) is 9.53 Å². The lowest BCUT2D eigenvalue weighted by Gasteiger charge is -2.35. The van der Waals surface area contributed by atoms with Crippen molar-refractivity contribution >= 4 is 18.1 Å². The van der Waals surface area contributed by atoms with Crippen LogP contribution in [0.15, 0.2) is 0 Å². The Morgan fingerprint density at radius 1 is 1.15 bits per heavy atom. The third-order valence-electron chi connectivity index (χ3n) is 4.74. The fourth-order valence-corrected chi connectivity index (χ4v) is 3.26. The smallest absolute Gasteiger partial charge is 0.431 e. The standard InChI is InChI=1S/C17H30N4O6/c1-17(2,3)27-16(25)20-8-6-11(7-9-20)19-14(22)13-5-4-12(10-18-13)21(26)15(23)24/h11-13,18,26H,4-10H2,1-3H3,(H,19,22)(H,23,24)/t12-,13+/m1/s1. The van der Waals surface area contributed by atoms with Gasteiger partial charge in [-0.1, -0.05) is 0 Å². The van der Waals surface area contributed by atoms with Crippen LogP contribution in [-0.4, -0.2) is 81.7 Å². The predicted octanol–water partition coefficient (Wildman–Crippen LogP) is 0.992. The van der Waals surface area contributed by atoms with Gasteiger partial charge in [0, 0.05) is 25.7 Å². The number of carbonyl (C=O) groups excluding carboxylic acids is 2. The number of nitrogens with one attached hydrogen (secondary N) is 2. The van der Waals surface area contributed by atoms with Crippen LogP contribution in [0.1, 0.15) is 46.5 Å². The van der Waals surface area contributed by atoms with Gasteiger partial charge in [-0.2, -0.15) is 5.06 Å². The van der Waals surface area contributed by atoms with E-state index in [-0.39, 0.29) is 29.7 Å². The van der Waals surface area contributed by atoms with Crippen molar-refractivity contribution in [2.24, 2.45) is 0 Å². The normalized spacial score (nSPS) is 24.2. The summed E-state index contributed by atoms with van der Waals surface area (Å²) in [6, 6.07) is -0.972. The molecule has 2 fully saturated rings. The van der Waals surface area contributed by atoms with Crippen LogP contribution < -0.4 is 10.6 Å². The molecule has 154 valence electrons. The van der Waals surface area contributed by atoms with E-state index >= 15 is 0 Å². The first-order valence-electron chi connectivity index (χ1n) is 9.29. The molecule has 0 aromatic heterocycles. The van der Waals surface area contributed by atoms with Gasteiger partial charge in [0.15, 0.2) is 0 Å². The lowest BCUT2D eigenvalue weighted by Crippen LogP contribution is -2.57. The molecule has 0 bridgehead atoms. The van der Waals surface area contributed by atoms with E-state index in [1.165, 1.54) is 0 Å². The highest BCUT2D eigenvalue weighted by Crippen LogP contribution is 2.17. The number of ether oxygens (including phenoxy) is 1. The number of hydrogen-bond donors (Lipinski definition) is 4. The highest BCUT2D eigenvalue weighted by atomic mass is 16.6. The molecule has 0 saturated carbocycles. The molecular formula is C17H30N4O6. The van der Waals surface area contributed by atoms with Crippen molar-refractivity contribution in [2.75, 3.05) is 19.6 Å². The number of amides is 3. The molecule has 3 amide bonds. The summed E-state index contributed by atoms with van der Waals surface area (Å²) in [5, 5.41) is 24.5. The zero-order valence-electron chi connectivity index (χ0n) is 16.1. The number of likely N-dealkylation sites (tertiary alicyclic amines) is 1. The number of rotatable bonds is 3. The Kier molecular flexibility index (Phi) is 6.88. The maximum absolute atomic E-state index is 12.4. The zero-order valence-corrected chi connectivity index (χ0v) is 16.1. The van der Waals surface area contributed by atoms with Gasteiger partial charge in [0.2, 0.25) is 5.91 Å². The average molecular weight is 386 g/mol. The van der Waals surface area contributed by atoms with Crippen molar-refractivity contribution < 1.29 is 29.4 Å². The molecule has 0 radical (unpaired) electrons. The molecule has 0 aromatic carbocycles. The minimum absolute atomic E-state index is 0.0101. The molecule has 0 aliphatic carbocycles. The van der Waals surface area contributed by atoms with Crippen LogP contribution in [0, 0.1) is 0 Å². The Morgan fingerprint density at radius 3 is 2.26 bits per heavy atom. The van der Waals surface area contributed by atoms with Gasteiger partial charge >= 0.3 is 12.2 Å². The average Bonchev–Trinajstić information content (AvgIpc) is 2.60. The summed E-state index contributed by atoms with van der Waals surface area (Å²) in [4.78, 5) is 36.9. The molecule has 2 rings (SSSR count). The van der Waals surface area contributed by atoms with E-state index in [2.05, 4.69) is 10.6 Å². The molecule has 0 unspecified atom stereocenters. The maximum Gasteiger partial charge on any atom is 0.431 e. The van der Waals surface area contributed by atoms with Crippen LogP contribution in [0.25, 0.3) is 0 Å². The lowest BCUT2D eigenvalue weighted by molar-refractivity contribution is -0.127. The summed E-state index contributed by atoms with van der Waals surface area (Å²) in [5.41, 5.74) is -0.530. The number of nitrogens with zero attached hydrogens (tertiary/aromatic N) is 2. The highest BCUT2D eigenvalue weighted by Gasteiger charge is 2.33. The molecule has 4 N–H and O–H groups in total. The molecule has 10 nitrogen and oxygen atoms in total. The van der Waals surface area contributed by atoms with Gasteiger partial charge in [-0.25, -0.2) is 9.59 Å². The first kappa shape index (κ1) is 21.2. The Morgan fingerprint density at radius 2 is 1.78 bits per heavy atom. The molecular weight excluding hydrogens is 356 g/mol. The van der Waals surface area contributed by atoms with E-state index in [9.17, 15) is 19.6 Å². The second-order valence-corrected chi connectivity index (χ2v) is 8.07. The maximum atomic E-state index is 12.4. The number of hydrogen-bond acceptors (Lipinski definition) is 6. The van der Waals surface area contributed by atoms with Gasteiger partial charge in [-0.3, -0.25) is 10.0 Å². The summed E-state index contributed by atoms with van der Waals surface area (Å²) in [5.74, 6) is -0.135.